The zero-order valence-electron chi connectivity index (χ0n) is 14.7. The molecule has 4 rings (SSSR count). The van der Waals surface area contributed by atoms with Gasteiger partial charge in [-0.25, -0.2) is 4.98 Å². The van der Waals surface area contributed by atoms with Crippen molar-refractivity contribution < 1.29 is 0 Å². The van der Waals surface area contributed by atoms with Crippen molar-refractivity contribution in [2.45, 2.75) is 0 Å². The number of pyridine rings is 1. The van der Waals surface area contributed by atoms with E-state index < -0.39 is 0 Å². The lowest BCUT2D eigenvalue weighted by Gasteiger charge is -2.05. The number of nitrogens with zero attached hydrogens (tertiary/aromatic N) is 1. The van der Waals surface area contributed by atoms with Gasteiger partial charge in [-0.05, 0) is 41.0 Å². The first-order valence-corrected chi connectivity index (χ1v) is 9.22. The Morgan fingerprint density at radius 3 is 1.93 bits per heavy atom. The lowest BCUT2D eigenvalue weighted by molar-refractivity contribution is 1.37. The highest BCUT2D eigenvalue weighted by Crippen LogP contribution is 2.25. The number of hydrogen-bond acceptors (Lipinski definition) is 1. The lowest BCUT2D eigenvalue weighted by Crippen LogP contribution is -1.88. The summed E-state index contributed by atoms with van der Waals surface area (Å²) >= 11 is 6.19. The topological polar surface area (TPSA) is 12.9 Å². The van der Waals surface area contributed by atoms with Gasteiger partial charge in [0.25, 0.3) is 0 Å². The van der Waals surface area contributed by atoms with Crippen molar-refractivity contribution in [1.29, 1.82) is 0 Å². The Hall–Kier alpha value is -3.16. The molecular weight excluding hydrogens is 350 g/mol. The molecule has 2 heteroatoms. The van der Waals surface area contributed by atoms with E-state index in [0.29, 0.717) is 5.02 Å². The molecule has 0 saturated carbocycles. The first-order chi connectivity index (χ1) is 13.3. The van der Waals surface area contributed by atoms with Gasteiger partial charge >= 0.3 is 0 Å². The van der Waals surface area contributed by atoms with Crippen LogP contribution in [0.5, 0.6) is 0 Å². The van der Waals surface area contributed by atoms with Crippen LogP contribution in [0.15, 0.2) is 84.9 Å². The minimum atomic E-state index is 0.692. The molecule has 0 spiro atoms. The average Bonchev–Trinajstić information content (AvgIpc) is 2.71. The summed E-state index contributed by atoms with van der Waals surface area (Å²) in [6, 6.07) is 28.5. The van der Waals surface area contributed by atoms with Crippen molar-refractivity contribution >= 4 is 46.8 Å². The van der Waals surface area contributed by atoms with E-state index in [4.69, 9.17) is 16.6 Å². The molecule has 1 heterocycles. The van der Waals surface area contributed by atoms with Crippen molar-refractivity contribution in [3.63, 3.8) is 0 Å². The molecule has 3 aromatic carbocycles. The number of rotatable bonds is 4. The van der Waals surface area contributed by atoms with Crippen molar-refractivity contribution in [3.05, 3.63) is 112 Å². The van der Waals surface area contributed by atoms with Gasteiger partial charge in [0.1, 0.15) is 0 Å². The molecule has 27 heavy (non-hydrogen) atoms. The molecule has 4 aromatic rings. The Bertz CT molecular complexity index is 1110. The van der Waals surface area contributed by atoms with Gasteiger partial charge in [-0.15, -0.1) is 0 Å². The Balaban J connectivity index is 1.76. The van der Waals surface area contributed by atoms with Gasteiger partial charge < -0.3 is 0 Å². The standard InChI is InChI=1S/C25H18ClN/c26-22-14-16-24-21(13-11-19-7-3-1-4-8-19)17-23(27-25(24)18-22)15-12-20-9-5-2-6-10-20/h1-18H/b13-11+,15-12+. The Labute approximate surface area is 164 Å². The fraction of sp³-hybridized carbons (Fsp3) is 0. The molecule has 0 amide bonds. The summed E-state index contributed by atoms with van der Waals surface area (Å²) in [4.78, 5) is 4.76. The van der Waals surface area contributed by atoms with Crippen LogP contribution >= 0.6 is 11.6 Å². The molecule has 0 bridgehead atoms. The van der Waals surface area contributed by atoms with Crippen molar-refractivity contribution in [2.24, 2.45) is 0 Å². The van der Waals surface area contributed by atoms with Crippen LogP contribution in [0, 0.1) is 0 Å². The molecule has 0 aliphatic carbocycles. The monoisotopic (exact) mass is 367 g/mol. The summed E-state index contributed by atoms with van der Waals surface area (Å²) in [5.41, 5.74) is 5.23. The van der Waals surface area contributed by atoms with E-state index in [2.05, 4.69) is 48.6 Å². The highest BCUT2D eigenvalue weighted by molar-refractivity contribution is 6.31. The highest BCUT2D eigenvalue weighted by atomic mass is 35.5. The SMILES string of the molecule is Clc1ccc2c(/C=C/c3ccccc3)cc(/C=C/c3ccccc3)nc2c1. The smallest absolute Gasteiger partial charge is 0.0730 e. The number of fused-ring (bicyclic) bond motifs is 1. The van der Waals surface area contributed by atoms with E-state index in [1.807, 2.05) is 60.7 Å². The Morgan fingerprint density at radius 2 is 1.26 bits per heavy atom. The Kier molecular flexibility index (Phi) is 5.13. The largest absolute Gasteiger partial charge is 0.248 e. The van der Waals surface area contributed by atoms with Gasteiger partial charge in [0.15, 0.2) is 0 Å². The zero-order chi connectivity index (χ0) is 18.5. The van der Waals surface area contributed by atoms with Crippen LogP contribution in [-0.4, -0.2) is 4.98 Å². The van der Waals surface area contributed by atoms with Crippen LogP contribution in [0.4, 0.5) is 0 Å². The molecule has 0 saturated heterocycles. The molecule has 1 nitrogen and oxygen atoms in total. The summed E-state index contributed by atoms with van der Waals surface area (Å²) in [6.45, 7) is 0. The van der Waals surface area contributed by atoms with Crippen molar-refractivity contribution in [3.8, 4) is 0 Å². The third kappa shape index (κ3) is 4.33. The van der Waals surface area contributed by atoms with Gasteiger partial charge in [0.05, 0.1) is 11.2 Å². The predicted molar refractivity (Wildman–Crippen MR) is 117 cm³/mol. The second-order valence-electron chi connectivity index (χ2n) is 6.29. The van der Waals surface area contributed by atoms with E-state index in [9.17, 15) is 0 Å². The predicted octanol–water partition coefficient (Wildman–Crippen LogP) is 7.23. The van der Waals surface area contributed by atoms with Gasteiger partial charge in [0.2, 0.25) is 0 Å². The second kappa shape index (κ2) is 8.03. The maximum atomic E-state index is 6.19. The molecule has 1 aromatic heterocycles. The number of aromatic nitrogens is 1. The third-order valence-corrected chi connectivity index (χ3v) is 4.56. The molecule has 0 radical (unpaired) electrons. The summed E-state index contributed by atoms with van der Waals surface area (Å²) in [6.07, 6.45) is 8.36. The summed E-state index contributed by atoms with van der Waals surface area (Å²) in [5.74, 6) is 0. The molecule has 0 aliphatic heterocycles. The van der Waals surface area contributed by atoms with E-state index >= 15 is 0 Å². The molecule has 0 N–H and O–H groups in total. The fourth-order valence-electron chi connectivity index (χ4n) is 2.97. The van der Waals surface area contributed by atoms with Crippen LogP contribution in [0.2, 0.25) is 5.02 Å². The Morgan fingerprint density at radius 1 is 0.630 bits per heavy atom. The number of hydrogen-bond donors (Lipinski definition) is 0. The lowest BCUT2D eigenvalue weighted by atomic mass is 10.1. The minimum absolute atomic E-state index is 0.692. The van der Waals surface area contributed by atoms with E-state index in [-0.39, 0.29) is 0 Å². The molecule has 0 fully saturated rings. The second-order valence-corrected chi connectivity index (χ2v) is 6.72. The fourth-order valence-corrected chi connectivity index (χ4v) is 3.14. The minimum Gasteiger partial charge on any atom is -0.248 e. The number of benzene rings is 3. The maximum absolute atomic E-state index is 6.19. The molecular formula is C25H18ClN. The van der Waals surface area contributed by atoms with Gasteiger partial charge in [-0.2, -0.15) is 0 Å². The quantitative estimate of drug-likeness (QED) is 0.370. The highest BCUT2D eigenvalue weighted by Gasteiger charge is 2.04. The normalized spacial score (nSPS) is 11.6. The maximum Gasteiger partial charge on any atom is 0.0730 e. The van der Waals surface area contributed by atoms with E-state index in [0.717, 1.165) is 33.3 Å². The van der Waals surface area contributed by atoms with Gasteiger partial charge in [-0.3, -0.25) is 0 Å². The third-order valence-electron chi connectivity index (χ3n) is 4.32. The molecule has 0 aliphatic rings. The van der Waals surface area contributed by atoms with Gasteiger partial charge in [0, 0.05) is 10.4 Å². The first-order valence-electron chi connectivity index (χ1n) is 8.84. The molecule has 0 atom stereocenters. The van der Waals surface area contributed by atoms with E-state index in [1.54, 1.807) is 0 Å². The molecule has 130 valence electrons. The van der Waals surface area contributed by atoms with Crippen LogP contribution < -0.4 is 0 Å². The van der Waals surface area contributed by atoms with E-state index in [1.165, 1.54) is 0 Å². The number of halogens is 1. The first kappa shape index (κ1) is 17.3. The van der Waals surface area contributed by atoms with Crippen LogP contribution in [-0.2, 0) is 0 Å². The average molecular weight is 368 g/mol. The van der Waals surface area contributed by atoms with Crippen LogP contribution in [0.1, 0.15) is 22.4 Å². The van der Waals surface area contributed by atoms with Crippen LogP contribution in [0.3, 0.4) is 0 Å². The zero-order valence-corrected chi connectivity index (χ0v) is 15.5. The summed E-state index contributed by atoms with van der Waals surface area (Å²) < 4.78 is 0. The summed E-state index contributed by atoms with van der Waals surface area (Å²) in [5, 5.41) is 1.78. The van der Waals surface area contributed by atoms with Crippen LogP contribution in [0.25, 0.3) is 35.2 Å². The van der Waals surface area contributed by atoms with Crippen molar-refractivity contribution in [2.75, 3.05) is 0 Å². The van der Waals surface area contributed by atoms with Gasteiger partial charge in [-0.1, -0.05) is 96.6 Å². The van der Waals surface area contributed by atoms with Crippen molar-refractivity contribution in [1.82, 2.24) is 4.98 Å². The summed E-state index contributed by atoms with van der Waals surface area (Å²) in [7, 11) is 0. The molecule has 0 unspecified atom stereocenters.